The van der Waals surface area contributed by atoms with Gasteiger partial charge in [-0.3, -0.25) is 9.21 Å². The first kappa shape index (κ1) is 25.5. The Labute approximate surface area is 226 Å². The predicted molar refractivity (Wildman–Crippen MR) is 147 cm³/mol. The minimum absolute atomic E-state index is 0.0206. The quantitative estimate of drug-likeness (QED) is 0.336. The monoisotopic (exact) mass is 550 g/mol. The summed E-state index contributed by atoms with van der Waals surface area (Å²) in [6.07, 6.45) is 7.82. The van der Waals surface area contributed by atoms with Crippen molar-refractivity contribution in [1.82, 2.24) is 29.6 Å². The molecule has 1 aromatic carbocycles. The van der Waals surface area contributed by atoms with Crippen molar-refractivity contribution < 1.29 is 18.3 Å². The van der Waals surface area contributed by atoms with Crippen LogP contribution in [0.1, 0.15) is 23.6 Å². The maximum Gasteiger partial charge on any atom is 0.233 e. The Balaban J connectivity index is 1.20. The summed E-state index contributed by atoms with van der Waals surface area (Å²) in [5.41, 5.74) is 3.32. The molecule has 2 N–H and O–H groups in total. The fourth-order valence-corrected chi connectivity index (χ4v) is 6.10. The van der Waals surface area contributed by atoms with Crippen LogP contribution in [0.4, 0.5) is 17.5 Å². The summed E-state index contributed by atoms with van der Waals surface area (Å²) >= 11 is 0. The summed E-state index contributed by atoms with van der Waals surface area (Å²) in [4.78, 5) is 15.7. The van der Waals surface area contributed by atoms with Crippen LogP contribution in [0.25, 0.3) is 11.0 Å². The van der Waals surface area contributed by atoms with Gasteiger partial charge in [-0.2, -0.15) is 10.1 Å². The third kappa shape index (κ3) is 5.24. The molecule has 1 saturated heterocycles. The molecule has 4 heterocycles. The number of hydrogen-bond donors (Lipinski definition) is 2. The number of fused-ring (bicyclic) bond motifs is 2. The number of morpholine rings is 1. The molecular weight excluding hydrogens is 520 g/mol. The molecule has 0 radical (unpaired) electrons. The van der Waals surface area contributed by atoms with E-state index in [1.807, 2.05) is 16.8 Å². The van der Waals surface area contributed by atoms with E-state index in [0.29, 0.717) is 55.2 Å². The van der Waals surface area contributed by atoms with E-state index in [1.165, 1.54) is 10.6 Å². The van der Waals surface area contributed by atoms with Crippen LogP contribution in [0.15, 0.2) is 48.9 Å². The van der Waals surface area contributed by atoms with Crippen LogP contribution in [0, 0.1) is 0 Å². The van der Waals surface area contributed by atoms with Crippen molar-refractivity contribution in [3.05, 3.63) is 60.0 Å². The van der Waals surface area contributed by atoms with Crippen LogP contribution in [-0.2, 0) is 21.2 Å². The average molecular weight is 551 g/mol. The van der Waals surface area contributed by atoms with Gasteiger partial charge in [0, 0.05) is 32.4 Å². The zero-order valence-corrected chi connectivity index (χ0v) is 22.4. The molecule has 0 bridgehead atoms. The molecule has 204 valence electrons. The Kier molecular flexibility index (Phi) is 6.79. The lowest BCUT2D eigenvalue weighted by molar-refractivity contribution is 0.0395. The van der Waals surface area contributed by atoms with E-state index in [0.717, 1.165) is 42.4 Å². The van der Waals surface area contributed by atoms with Crippen molar-refractivity contribution in [2.75, 3.05) is 55.3 Å². The van der Waals surface area contributed by atoms with Crippen LogP contribution in [0.3, 0.4) is 0 Å². The number of aromatic hydroxyl groups is 1. The van der Waals surface area contributed by atoms with E-state index in [1.54, 1.807) is 36.8 Å². The second kappa shape index (κ2) is 10.4. The second-order valence-corrected chi connectivity index (χ2v) is 11.7. The van der Waals surface area contributed by atoms with Gasteiger partial charge in [-0.15, -0.1) is 0 Å². The highest BCUT2D eigenvalue weighted by molar-refractivity contribution is 7.92. The number of phenols is 1. The largest absolute Gasteiger partial charge is 0.508 e. The molecular formula is C26H30N8O4S. The third-order valence-corrected chi connectivity index (χ3v) is 8.40. The lowest BCUT2D eigenvalue weighted by Gasteiger charge is -2.29. The summed E-state index contributed by atoms with van der Waals surface area (Å²) in [7, 11) is -3.50. The molecule has 3 aromatic heterocycles. The van der Waals surface area contributed by atoms with E-state index < -0.39 is 10.0 Å². The van der Waals surface area contributed by atoms with Gasteiger partial charge in [0.05, 0.1) is 49.0 Å². The molecule has 0 amide bonds. The normalized spacial score (nSPS) is 17.8. The molecule has 13 heteroatoms. The van der Waals surface area contributed by atoms with Crippen LogP contribution in [0.2, 0.25) is 0 Å². The zero-order valence-electron chi connectivity index (χ0n) is 21.6. The van der Waals surface area contributed by atoms with Gasteiger partial charge in [0.2, 0.25) is 16.0 Å². The summed E-state index contributed by atoms with van der Waals surface area (Å²) in [6, 6.07) is 9.00. The molecule has 1 atom stereocenters. The number of rotatable bonds is 8. The number of sulfonamides is 1. The van der Waals surface area contributed by atoms with Gasteiger partial charge in [-0.05, 0) is 42.2 Å². The number of pyridine rings is 1. The van der Waals surface area contributed by atoms with E-state index in [9.17, 15) is 13.5 Å². The zero-order chi connectivity index (χ0) is 27.0. The Bertz CT molecular complexity index is 1590. The highest BCUT2D eigenvalue weighted by Gasteiger charge is 2.28. The smallest absolute Gasteiger partial charge is 0.233 e. The molecule has 39 heavy (non-hydrogen) atoms. The fraction of sp³-hybridized carbons (Fsp3) is 0.385. The average Bonchev–Trinajstić information content (AvgIpc) is 3.54. The summed E-state index contributed by atoms with van der Waals surface area (Å²) in [6.45, 7) is 3.79. The van der Waals surface area contributed by atoms with Gasteiger partial charge >= 0.3 is 0 Å². The van der Waals surface area contributed by atoms with Crippen molar-refractivity contribution in [1.29, 1.82) is 0 Å². The van der Waals surface area contributed by atoms with Gasteiger partial charge < -0.3 is 15.2 Å². The van der Waals surface area contributed by atoms with Crippen LogP contribution < -0.4 is 9.62 Å². The van der Waals surface area contributed by atoms with Crippen molar-refractivity contribution >= 4 is 38.5 Å². The molecule has 2 aliphatic rings. The number of aromatic nitrogens is 5. The fourth-order valence-electron chi connectivity index (χ4n) is 5.24. The molecule has 1 unspecified atom stereocenters. The minimum Gasteiger partial charge on any atom is -0.508 e. The maximum absolute atomic E-state index is 12.5. The summed E-state index contributed by atoms with van der Waals surface area (Å²) in [5, 5.41) is 18.8. The lowest BCUT2D eigenvalue weighted by Crippen LogP contribution is -2.43. The first-order valence-corrected chi connectivity index (χ1v) is 14.7. The number of hydrogen-bond acceptors (Lipinski definition) is 10. The SMILES string of the molecule is CS(=O)(=O)N(CCN1CCOCC1)c1ccc(Nc2ncc3cnn(C4CCc5c(O)cccc54)c3n2)cn1. The number of anilines is 3. The van der Waals surface area contributed by atoms with E-state index in [4.69, 9.17) is 9.72 Å². The van der Waals surface area contributed by atoms with Crippen LogP contribution >= 0.6 is 0 Å². The Morgan fingerprint density at radius 3 is 2.74 bits per heavy atom. The number of ether oxygens (including phenoxy) is 1. The third-order valence-electron chi connectivity index (χ3n) is 7.23. The number of nitrogens with zero attached hydrogens (tertiary/aromatic N) is 7. The highest BCUT2D eigenvalue weighted by atomic mass is 32.2. The molecule has 0 saturated carbocycles. The second-order valence-electron chi connectivity index (χ2n) is 9.78. The van der Waals surface area contributed by atoms with Gasteiger partial charge in [-0.1, -0.05) is 12.1 Å². The van der Waals surface area contributed by atoms with E-state index in [-0.39, 0.29) is 6.04 Å². The van der Waals surface area contributed by atoms with Crippen LogP contribution in [-0.4, -0.2) is 88.8 Å². The topological polar surface area (TPSA) is 139 Å². The van der Waals surface area contributed by atoms with E-state index >= 15 is 0 Å². The molecule has 1 aliphatic heterocycles. The van der Waals surface area contributed by atoms with Crippen molar-refractivity contribution in [2.24, 2.45) is 0 Å². The van der Waals surface area contributed by atoms with Gasteiger partial charge in [0.15, 0.2) is 5.65 Å². The van der Waals surface area contributed by atoms with Gasteiger partial charge in [-0.25, -0.2) is 23.1 Å². The minimum atomic E-state index is -3.50. The molecule has 1 aliphatic carbocycles. The van der Waals surface area contributed by atoms with Crippen molar-refractivity contribution in [2.45, 2.75) is 18.9 Å². The van der Waals surface area contributed by atoms with E-state index in [2.05, 4.69) is 25.3 Å². The van der Waals surface area contributed by atoms with Gasteiger partial charge in [0.1, 0.15) is 11.6 Å². The number of benzene rings is 1. The maximum atomic E-state index is 12.5. The van der Waals surface area contributed by atoms with Crippen LogP contribution in [0.5, 0.6) is 5.75 Å². The standard InChI is InChI=1S/C26H30N8O4S/c1-39(36,37)33(10-9-32-11-13-38-14-12-32)24-8-5-19(17-27-24)30-26-28-15-18-16-29-34(25(18)31-26)22-7-6-21-20(22)3-2-4-23(21)35/h2-5,8,15-17,22,35H,6-7,9-14H2,1H3,(H,28,30,31). The molecule has 1 fully saturated rings. The van der Waals surface area contributed by atoms with Crippen molar-refractivity contribution in [3.63, 3.8) is 0 Å². The molecule has 6 rings (SSSR count). The Morgan fingerprint density at radius 1 is 1.13 bits per heavy atom. The molecule has 4 aromatic rings. The summed E-state index contributed by atoms with van der Waals surface area (Å²) < 4.78 is 33.6. The lowest BCUT2D eigenvalue weighted by atomic mass is 10.1. The molecule has 12 nitrogen and oxygen atoms in total. The predicted octanol–water partition coefficient (Wildman–Crippen LogP) is 2.30. The Hall–Kier alpha value is -3.81. The first-order chi connectivity index (χ1) is 18.9. The van der Waals surface area contributed by atoms with Crippen molar-refractivity contribution in [3.8, 4) is 5.75 Å². The summed E-state index contributed by atoms with van der Waals surface area (Å²) in [5.74, 6) is 1.05. The highest BCUT2D eigenvalue weighted by Crippen LogP contribution is 2.39. The molecule has 0 spiro atoms. The number of phenolic OH excluding ortho intramolecular Hbond substituents is 1. The first-order valence-electron chi connectivity index (χ1n) is 12.9. The Morgan fingerprint density at radius 2 is 1.97 bits per heavy atom. The van der Waals surface area contributed by atoms with Gasteiger partial charge in [0.25, 0.3) is 0 Å². The number of nitrogens with one attached hydrogen (secondary N) is 1.